The Morgan fingerprint density at radius 1 is 1.19 bits per heavy atom. The fraction of sp³-hybridized carbons (Fsp3) is 0.714. The summed E-state index contributed by atoms with van der Waals surface area (Å²) in [7, 11) is 0. The van der Waals surface area contributed by atoms with Crippen LogP contribution in [0.15, 0.2) is 0 Å². The van der Waals surface area contributed by atoms with E-state index in [2.05, 4.69) is 0 Å². The van der Waals surface area contributed by atoms with Gasteiger partial charge >= 0.3 is 18.1 Å². The molecule has 0 heterocycles. The summed E-state index contributed by atoms with van der Waals surface area (Å²) in [5, 5.41) is 9.60. The van der Waals surface area contributed by atoms with Gasteiger partial charge in [0.1, 0.15) is 5.54 Å². The monoisotopic (exact) mass is 247 g/mol. The van der Waals surface area contributed by atoms with Crippen molar-refractivity contribution in [1.29, 1.82) is 0 Å². The second kappa shape index (κ2) is 3.29. The van der Waals surface area contributed by atoms with Crippen LogP contribution in [0, 0.1) is 0 Å². The molecule has 0 saturated heterocycles. The molecule has 16 heavy (non-hydrogen) atoms. The zero-order valence-corrected chi connectivity index (χ0v) is 7.57. The molecule has 9 heteroatoms. The maximum atomic E-state index is 12.4. The fourth-order valence-corrected chi connectivity index (χ4v) is 1.41. The number of carbonyl (C=O) groups excluding carboxylic acids is 1. The zero-order chi connectivity index (χ0) is 12.8. The first kappa shape index (κ1) is 12.7. The van der Waals surface area contributed by atoms with Gasteiger partial charge in [0.05, 0.1) is 0 Å². The molecule has 0 atom stereocenters. The van der Waals surface area contributed by atoms with Crippen molar-refractivity contribution in [2.45, 2.75) is 30.5 Å². The Morgan fingerprint density at radius 2 is 1.62 bits per heavy atom. The van der Waals surface area contributed by atoms with Crippen LogP contribution in [0.1, 0.15) is 12.8 Å². The summed E-state index contributed by atoms with van der Waals surface area (Å²) in [5.74, 6) is -7.81. The Labute approximate surface area is 85.4 Å². The van der Waals surface area contributed by atoms with Crippen molar-refractivity contribution in [3.8, 4) is 0 Å². The van der Waals surface area contributed by atoms with Crippen LogP contribution in [-0.4, -0.2) is 34.6 Å². The van der Waals surface area contributed by atoms with Gasteiger partial charge < -0.3 is 10.4 Å². The molecule has 2 N–H and O–H groups in total. The molecule has 0 bridgehead atoms. The lowest BCUT2D eigenvalue weighted by Crippen LogP contribution is -2.68. The van der Waals surface area contributed by atoms with Gasteiger partial charge in [-0.2, -0.15) is 13.2 Å². The second-order valence-corrected chi connectivity index (χ2v) is 3.55. The smallest absolute Gasteiger partial charge is 0.471 e. The van der Waals surface area contributed by atoms with Gasteiger partial charge in [0, 0.05) is 12.8 Å². The van der Waals surface area contributed by atoms with Crippen molar-refractivity contribution in [1.82, 2.24) is 5.32 Å². The minimum Gasteiger partial charge on any atom is -0.479 e. The number of amides is 1. The predicted octanol–water partition coefficient (Wildman–Crippen LogP) is 0.917. The second-order valence-electron chi connectivity index (χ2n) is 3.55. The Morgan fingerprint density at radius 3 is 1.88 bits per heavy atom. The number of nitrogens with one attached hydrogen (secondary N) is 1. The molecule has 1 aliphatic rings. The van der Waals surface area contributed by atoms with Crippen molar-refractivity contribution in [3.63, 3.8) is 0 Å². The Balaban J connectivity index is 2.77. The number of carboxylic acid groups (broad SMARTS) is 1. The average molecular weight is 247 g/mol. The summed E-state index contributed by atoms with van der Waals surface area (Å²) >= 11 is 0. The van der Waals surface area contributed by atoms with Crippen LogP contribution in [0.4, 0.5) is 22.0 Å². The molecule has 0 aromatic heterocycles. The first-order valence-electron chi connectivity index (χ1n) is 3.99. The number of alkyl halides is 5. The molecule has 0 aromatic rings. The summed E-state index contributed by atoms with van der Waals surface area (Å²) in [6.07, 6.45) is -7.97. The lowest BCUT2D eigenvalue weighted by Gasteiger charge is -2.44. The summed E-state index contributed by atoms with van der Waals surface area (Å²) in [6, 6.07) is 0. The van der Waals surface area contributed by atoms with Crippen molar-refractivity contribution in [2.24, 2.45) is 0 Å². The van der Waals surface area contributed by atoms with Crippen LogP contribution in [0.2, 0.25) is 0 Å². The first-order valence-corrected chi connectivity index (χ1v) is 3.99. The molecule has 1 aliphatic carbocycles. The molecule has 0 aromatic carbocycles. The third kappa shape index (κ3) is 2.22. The molecule has 0 unspecified atom stereocenters. The normalized spacial score (nSPS) is 22.1. The number of hydrogen-bond acceptors (Lipinski definition) is 2. The van der Waals surface area contributed by atoms with Crippen molar-refractivity contribution >= 4 is 11.9 Å². The third-order valence-corrected chi connectivity index (χ3v) is 2.14. The van der Waals surface area contributed by atoms with Crippen LogP contribution in [-0.2, 0) is 9.59 Å². The highest BCUT2D eigenvalue weighted by atomic mass is 19.4. The number of halogens is 5. The predicted molar refractivity (Wildman–Crippen MR) is 38.7 cm³/mol. The van der Waals surface area contributed by atoms with Gasteiger partial charge in [-0.3, -0.25) is 4.79 Å². The van der Waals surface area contributed by atoms with Crippen LogP contribution in [0.5, 0.6) is 0 Å². The molecule has 0 spiro atoms. The maximum absolute atomic E-state index is 12.4. The van der Waals surface area contributed by atoms with E-state index in [1.54, 1.807) is 0 Å². The van der Waals surface area contributed by atoms with E-state index in [0.717, 1.165) is 5.32 Å². The Bertz CT molecular complexity index is 329. The number of rotatable bonds is 2. The topological polar surface area (TPSA) is 66.4 Å². The minimum atomic E-state index is -5.30. The molecular formula is C7H6F5NO3. The van der Waals surface area contributed by atoms with Crippen LogP contribution in [0.3, 0.4) is 0 Å². The maximum Gasteiger partial charge on any atom is 0.471 e. The van der Waals surface area contributed by atoms with Gasteiger partial charge in [0.2, 0.25) is 0 Å². The van der Waals surface area contributed by atoms with Crippen LogP contribution < -0.4 is 5.32 Å². The SMILES string of the molecule is O=C(NC1(C(=O)O)CC(F)(F)C1)C(F)(F)F. The number of carbonyl (C=O) groups is 2. The quantitative estimate of drug-likeness (QED) is 0.713. The highest BCUT2D eigenvalue weighted by Gasteiger charge is 2.63. The van der Waals surface area contributed by atoms with E-state index in [4.69, 9.17) is 5.11 Å². The molecule has 1 fully saturated rings. The molecule has 0 radical (unpaired) electrons. The Kier molecular flexibility index (Phi) is 2.60. The third-order valence-electron chi connectivity index (χ3n) is 2.14. The van der Waals surface area contributed by atoms with Crippen LogP contribution in [0.25, 0.3) is 0 Å². The lowest BCUT2D eigenvalue weighted by molar-refractivity contribution is -0.194. The molecular weight excluding hydrogens is 241 g/mol. The van der Waals surface area contributed by atoms with Gasteiger partial charge in [0.15, 0.2) is 0 Å². The largest absolute Gasteiger partial charge is 0.479 e. The van der Waals surface area contributed by atoms with E-state index >= 15 is 0 Å². The molecule has 1 amide bonds. The van der Waals surface area contributed by atoms with E-state index < -0.39 is 42.4 Å². The van der Waals surface area contributed by atoms with E-state index in [1.807, 2.05) is 0 Å². The highest BCUT2D eigenvalue weighted by Crippen LogP contribution is 2.46. The van der Waals surface area contributed by atoms with Crippen molar-refractivity contribution in [3.05, 3.63) is 0 Å². The van der Waals surface area contributed by atoms with Crippen LogP contribution >= 0.6 is 0 Å². The molecule has 1 rings (SSSR count). The van der Waals surface area contributed by atoms with Gasteiger partial charge in [-0.25, -0.2) is 13.6 Å². The molecule has 92 valence electrons. The molecule has 0 aliphatic heterocycles. The summed E-state index contributed by atoms with van der Waals surface area (Å²) < 4.78 is 60.3. The minimum absolute atomic E-state index is 1.08. The molecule has 4 nitrogen and oxygen atoms in total. The summed E-state index contributed by atoms with van der Waals surface area (Å²) in [4.78, 5) is 21.0. The van der Waals surface area contributed by atoms with Gasteiger partial charge in [-0.05, 0) is 0 Å². The van der Waals surface area contributed by atoms with E-state index in [9.17, 15) is 31.5 Å². The Hall–Kier alpha value is -1.41. The van der Waals surface area contributed by atoms with E-state index in [1.165, 1.54) is 0 Å². The highest BCUT2D eigenvalue weighted by molar-refractivity contribution is 5.90. The number of aliphatic carboxylic acids is 1. The lowest BCUT2D eigenvalue weighted by atomic mass is 9.73. The molecule has 1 saturated carbocycles. The average Bonchev–Trinajstić information content (AvgIpc) is 1.97. The van der Waals surface area contributed by atoms with Gasteiger partial charge in [0.25, 0.3) is 5.92 Å². The summed E-state index contributed by atoms with van der Waals surface area (Å²) in [6.45, 7) is 0. The fourth-order valence-electron chi connectivity index (χ4n) is 1.41. The zero-order valence-electron chi connectivity index (χ0n) is 7.57. The van der Waals surface area contributed by atoms with E-state index in [0.29, 0.717) is 0 Å². The standard InChI is InChI=1S/C7H6F5NO3/c8-6(9)1-5(2-6,4(15)16)13-3(14)7(10,11)12/h1-2H2,(H,13,14)(H,15,16). The van der Waals surface area contributed by atoms with Gasteiger partial charge in [-0.15, -0.1) is 0 Å². The van der Waals surface area contributed by atoms with E-state index in [-0.39, 0.29) is 0 Å². The van der Waals surface area contributed by atoms with Crippen molar-refractivity contribution in [2.75, 3.05) is 0 Å². The number of hydrogen-bond donors (Lipinski definition) is 2. The summed E-state index contributed by atoms with van der Waals surface area (Å²) in [5.41, 5.74) is -2.52. The van der Waals surface area contributed by atoms with Gasteiger partial charge in [-0.1, -0.05) is 0 Å². The van der Waals surface area contributed by atoms with Crippen molar-refractivity contribution < 1.29 is 36.6 Å². The first-order chi connectivity index (χ1) is 6.99. The number of carboxylic acids is 1.